The molecule has 1 unspecified atom stereocenters. The Bertz CT molecular complexity index is 345. The van der Waals surface area contributed by atoms with Crippen LogP contribution in [0.2, 0.25) is 0 Å². The zero-order valence-electron chi connectivity index (χ0n) is 8.27. The third-order valence-corrected chi connectivity index (χ3v) is 3.20. The van der Waals surface area contributed by atoms with E-state index in [4.69, 9.17) is 0 Å². The van der Waals surface area contributed by atoms with E-state index in [0.29, 0.717) is 12.6 Å². The Kier molecular flexibility index (Phi) is 2.72. The average Bonchev–Trinajstić information content (AvgIpc) is 2.72. The quantitative estimate of drug-likeness (QED) is 0.769. The van der Waals surface area contributed by atoms with E-state index >= 15 is 0 Å². The molecule has 2 rings (SSSR count). The summed E-state index contributed by atoms with van der Waals surface area (Å²) in [4.78, 5) is 4.42. The summed E-state index contributed by atoms with van der Waals surface area (Å²) in [5.41, 5.74) is 0. The van der Waals surface area contributed by atoms with Gasteiger partial charge in [0.1, 0.15) is 12.9 Å². The molecule has 0 aliphatic carbocycles. The second-order valence-corrected chi connectivity index (χ2v) is 4.34. The summed E-state index contributed by atoms with van der Waals surface area (Å²) in [6.07, 6.45) is 1.69. The predicted molar refractivity (Wildman–Crippen MR) is 57.2 cm³/mol. The zero-order valence-corrected chi connectivity index (χ0v) is 9.08. The molecule has 1 N–H and O–H groups in total. The van der Waals surface area contributed by atoms with Crippen LogP contribution in [-0.4, -0.2) is 31.7 Å². The first-order valence-electron chi connectivity index (χ1n) is 4.52. The third-order valence-electron chi connectivity index (χ3n) is 2.01. The molecule has 1 aliphatic rings. The summed E-state index contributed by atoms with van der Waals surface area (Å²) in [5, 5.41) is 12.1. The number of hydrogen-bond acceptors (Lipinski definition) is 4. The molecule has 1 aromatic rings. The monoisotopic (exact) mass is 211 g/mol. The van der Waals surface area contributed by atoms with Crippen molar-refractivity contribution < 1.29 is 0 Å². The van der Waals surface area contributed by atoms with Crippen molar-refractivity contribution in [1.29, 1.82) is 0 Å². The standard InChI is InChI=1S/C8H13N5S/c1-6-4-14-8(11-6)9-3-7-12-10-5-13(7)2/h5-6H,3-4H2,1-2H3,(H,9,11). The number of aryl methyl sites for hydroxylation is 1. The Hall–Kier alpha value is -1.04. The molecule has 5 nitrogen and oxygen atoms in total. The van der Waals surface area contributed by atoms with Gasteiger partial charge in [-0.1, -0.05) is 11.8 Å². The first-order chi connectivity index (χ1) is 6.75. The van der Waals surface area contributed by atoms with Crippen LogP contribution in [0.4, 0.5) is 0 Å². The molecule has 2 heterocycles. The Morgan fingerprint density at radius 1 is 1.79 bits per heavy atom. The van der Waals surface area contributed by atoms with E-state index in [9.17, 15) is 0 Å². The van der Waals surface area contributed by atoms with Gasteiger partial charge in [-0.15, -0.1) is 10.2 Å². The summed E-state index contributed by atoms with van der Waals surface area (Å²) in [5.74, 6) is 1.98. The lowest BCUT2D eigenvalue weighted by Crippen LogP contribution is -2.23. The van der Waals surface area contributed by atoms with Crippen LogP contribution in [0.15, 0.2) is 11.3 Å². The van der Waals surface area contributed by atoms with Gasteiger partial charge in [-0.05, 0) is 6.92 Å². The number of hydrogen-bond donors (Lipinski definition) is 1. The highest BCUT2D eigenvalue weighted by Gasteiger charge is 2.15. The molecule has 14 heavy (non-hydrogen) atoms. The number of amidine groups is 1. The molecule has 1 fully saturated rings. The molecule has 0 bridgehead atoms. The molecule has 0 spiro atoms. The lowest BCUT2D eigenvalue weighted by molar-refractivity contribution is 0.755. The molecular formula is C8H13N5S. The van der Waals surface area contributed by atoms with Crippen LogP contribution >= 0.6 is 11.8 Å². The first kappa shape index (κ1) is 9.51. The topological polar surface area (TPSA) is 55.1 Å². The smallest absolute Gasteiger partial charge is 0.157 e. The SMILES string of the molecule is CC1CSC(=NCc2nncn2C)N1. The molecular weight excluding hydrogens is 198 g/mol. The fraction of sp³-hybridized carbons (Fsp3) is 0.625. The van der Waals surface area contributed by atoms with Crippen molar-refractivity contribution in [2.75, 3.05) is 5.75 Å². The van der Waals surface area contributed by atoms with Gasteiger partial charge < -0.3 is 9.88 Å². The van der Waals surface area contributed by atoms with Gasteiger partial charge in [-0.25, -0.2) is 0 Å². The molecule has 0 amide bonds. The van der Waals surface area contributed by atoms with Gasteiger partial charge in [0.15, 0.2) is 11.0 Å². The van der Waals surface area contributed by atoms with Crippen LogP contribution in [0, 0.1) is 0 Å². The van der Waals surface area contributed by atoms with Gasteiger partial charge >= 0.3 is 0 Å². The summed E-state index contributed by atoms with van der Waals surface area (Å²) >= 11 is 1.76. The van der Waals surface area contributed by atoms with Crippen LogP contribution in [0.1, 0.15) is 12.7 Å². The van der Waals surface area contributed by atoms with Gasteiger partial charge in [0.2, 0.25) is 0 Å². The first-order valence-corrected chi connectivity index (χ1v) is 5.51. The maximum Gasteiger partial charge on any atom is 0.157 e. The Labute approximate surface area is 87.0 Å². The second kappa shape index (κ2) is 4.00. The summed E-state index contributed by atoms with van der Waals surface area (Å²) in [6.45, 7) is 2.75. The van der Waals surface area contributed by atoms with Gasteiger partial charge in [0, 0.05) is 18.8 Å². The van der Waals surface area contributed by atoms with Crippen LogP contribution in [0.5, 0.6) is 0 Å². The van der Waals surface area contributed by atoms with E-state index in [0.717, 1.165) is 16.7 Å². The van der Waals surface area contributed by atoms with E-state index in [2.05, 4.69) is 27.4 Å². The minimum Gasteiger partial charge on any atom is -0.362 e. The molecule has 6 heteroatoms. The Balaban J connectivity index is 1.97. The molecule has 0 aromatic carbocycles. The van der Waals surface area contributed by atoms with Crippen LogP contribution in [0.25, 0.3) is 0 Å². The average molecular weight is 211 g/mol. The number of aliphatic imine (C=N–C) groups is 1. The van der Waals surface area contributed by atoms with Crippen molar-refractivity contribution in [1.82, 2.24) is 20.1 Å². The van der Waals surface area contributed by atoms with E-state index in [1.54, 1.807) is 18.1 Å². The number of aromatic nitrogens is 3. The highest BCUT2D eigenvalue weighted by molar-refractivity contribution is 8.14. The minimum absolute atomic E-state index is 0.526. The highest BCUT2D eigenvalue weighted by Crippen LogP contribution is 2.13. The maximum atomic E-state index is 4.42. The summed E-state index contributed by atoms with van der Waals surface area (Å²) in [7, 11) is 1.92. The van der Waals surface area contributed by atoms with E-state index < -0.39 is 0 Å². The lowest BCUT2D eigenvalue weighted by atomic mass is 10.4. The van der Waals surface area contributed by atoms with Crippen molar-refractivity contribution >= 4 is 16.9 Å². The van der Waals surface area contributed by atoms with E-state index in [1.807, 2.05) is 11.6 Å². The van der Waals surface area contributed by atoms with Crippen molar-refractivity contribution in [2.24, 2.45) is 12.0 Å². The Morgan fingerprint density at radius 3 is 3.21 bits per heavy atom. The Morgan fingerprint density at radius 2 is 2.64 bits per heavy atom. The summed E-state index contributed by atoms with van der Waals surface area (Å²) in [6, 6.07) is 0.526. The van der Waals surface area contributed by atoms with E-state index in [-0.39, 0.29) is 0 Å². The molecule has 1 saturated heterocycles. The number of thioether (sulfide) groups is 1. The number of nitrogens with one attached hydrogen (secondary N) is 1. The number of nitrogens with zero attached hydrogens (tertiary/aromatic N) is 4. The van der Waals surface area contributed by atoms with Crippen molar-refractivity contribution in [3.05, 3.63) is 12.2 Å². The molecule has 1 aliphatic heterocycles. The molecule has 1 atom stereocenters. The van der Waals surface area contributed by atoms with E-state index in [1.165, 1.54) is 0 Å². The van der Waals surface area contributed by atoms with Gasteiger partial charge in [-0.2, -0.15) is 0 Å². The van der Waals surface area contributed by atoms with Crippen LogP contribution < -0.4 is 5.32 Å². The largest absolute Gasteiger partial charge is 0.362 e. The van der Waals surface area contributed by atoms with Gasteiger partial charge in [0.25, 0.3) is 0 Å². The highest BCUT2D eigenvalue weighted by atomic mass is 32.2. The number of rotatable bonds is 2. The zero-order chi connectivity index (χ0) is 9.97. The van der Waals surface area contributed by atoms with Crippen molar-refractivity contribution in [3.63, 3.8) is 0 Å². The molecule has 1 aromatic heterocycles. The fourth-order valence-corrected chi connectivity index (χ4v) is 2.11. The molecule has 0 radical (unpaired) electrons. The van der Waals surface area contributed by atoms with Gasteiger partial charge in [0.05, 0.1) is 0 Å². The fourth-order valence-electron chi connectivity index (χ4n) is 1.18. The summed E-state index contributed by atoms with van der Waals surface area (Å²) < 4.78 is 1.88. The van der Waals surface area contributed by atoms with Crippen molar-refractivity contribution in [3.8, 4) is 0 Å². The minimum atomic E-state index is 0.526. The van der Waals surface area contributed by atoms with Gasteiger partial charge in [-0.3, -0.25) is 4.99 Å². The van der Waals surface area contributed by atoms with Crippen LogP contribution in [-0.2, 0) is 13.6 Å². The normalized spacial score (nSPS) is 24.1. The molecule has 76 valence electrons. The second-order valence-electron chi connectivity index (χ2n) is 3.34. The molecule has 0 saturated carbocycles. The van der Waals surface area contributed by atoms with Crippen LogP contribution in [0.3, 0.4) is 0 Å². The maximum absolute atomic E-state index is 4.42. The predicted octanol–water partition coefficient (Wildman–Crippen LogP) is 0.396. The lowest BCUT2D eigenvalue weighted by Gasteiger charge is -2.00. The van der Waals surface area contributed by atoms with Crippen molar-refractivity contribution in [2.45, 2.75) is 19.5 Å². The third kappa shape index (κ3) is 2.06.